The average molecular weight is 346 g/mol. The number of nitrogens with two attached hydrogens (primary N) is 1. The van der Waals surface area contributed by atoms with E-state index >= 15 is 0 Å². The van der Waals surface area contributed by atoms with Gasteiger partial charge in [-0.15, -0.1) is 0 Å². The molecule has 3 amide bonds. The summed E-state index contributed by atoms with van der Waals surface area (Å²) in [4.78, 5) is 37.2. The first kappa shape index (κ1) is 18.9. The van der Waals surface area contributed by atoms with Crippen LogP contribution in [0.2, 0.25) is 0 Å². The predicted molar refractivity (Wildman–Crippen MR) is 97.2 cm³/mol. The minimum Gasteiger partial charge on any atom is -0.346 e. The van der Waals surface area contributed by atoms with Crippen molar-refractivity contribution in [3.8, 4) is 0 Å². The van der Waals surface area contributed by atoms with Crippen molar-refractivity contribution < 1.29 is 14.4 Å². The topological polar surface area (TPSA) is 105 Å². The number of benzene rings is 1. The maximum atomic E-state index is 12.0. The first-order valence-corrected chi connectivity index (χ1v) is 8.53. The van der Waals surface area contributed by atoms with E-state index in [4.69, 9.17) is 5.73 Å². The Balaban J connectivity index is 1.96. The van der Waals surface area contributed by atoms with E-state index in [1.807, 2.05) is 26.0 Å². The third-order valence-corrected chi connectivity index (χ3v) is 4.31. The fourth-order valence-corrected chi connectivity index (χ4v) is 2.80. The first-order valence-electron chi connectivity index (χ1n) is 8.53. The highest BCUT2D eigenvalue weighted by Gasteiger charge is 2.21. The van der Waals surface area contributed by atoms with Gasteiger partial charge in [0.1, 0.15) is 0 Å². The molecule has 0 saturated heterocycles. The molecule has 0 bridgehead atoms. The monoisotopic (exact) mass is 346 g/mol. The van der Waals surface area contributed by atoms with E-state index in [2.05, 4.69) is 10.6 Å². The molecule has 1 aliphatic heterocycles. The molecular weight excluding hydrogens is 320 g/mol. The number of hydrogen-bond acceptors (Lipinski definition) is 4. The van der Waals surface area contributed by atoms with Crippen LogP contribution in [0.3, 0.4) is 0 Å². The summed E-state index contributed by atoms with van der Waals surface area (Å²) in [5.41, 5.74) is 8.31. The van der Waals surface area contributed by atoms with Crippen LogP contribution in [0.5, 0.6) is 0 Å². The van der Waals surface area contributed by atoms with Gasteiger partial charge >= 0.3 is 0 Å². The van der Waals surface area contributed by atoms with Crippen molar-refractivity contribution in [3.63, 3.8) is 0 Å². The number of anilines is 2. The molecule has 136 valence electrons. The Kier molecular flexibility index (Phi) is 6.14. The molecule has 1 heterocycles. The predicted octanol–water partition coefficient (Wildman–Crippen LogP) is 1.02. The van der Waals surface area contributed by atoms with Gasteiger partial charge in [0.15, 0.2) is 0 Å². The van der Waals surface area contributed by atoms with Crippen molar-refractivity contribution in [2.24, 2.45) is 11.7 Å². The lowest BCUT2D eigenvalue weighted by Gasteiger charge is -2.29. The first-order chi connectivity index (χ1) is 11.8. The molecule has 0 saturated carbocycles. The van der Waals surface area contributed by atoms with Gasteiger partial charge in [0.05, 0.1) is 12.6 Å². The van der Waals surface area contributed by atoms with Crippen molar-refractivity contribution in [1.29, 1.82) is 0 Å². The number of carbonyl (C=O) groups is 3. The molecule has 1 atom stereocenters. The Hall–Kier alpha value is -2.41. The minimum atomic E-state index is -0.630. The van der Waals surface area contributed by atoms with Crippen molar-refractivity contribution in [2.75, 3.05) is 23.3 Å². The van der Waals surface area contributed by atoms with Gasteiger partial charge < -0.3 is 21.3 Å². The highest BCUT2D eigenvalue weighted by Crippen LogP contribution is 2.29. The van der Waals surface area contributed by atoms with Crippen LogP contribution in [0.15, 0.2) is 18.2 Å². The van der Waals surface area contributed by atoms with Gasteiger partial charge in [-0.25, -0.2) is 0 Å². The number of carbonyl (C=O) groups excluding carboxylic acids is 3. The van der Waals surface area contributed by atoms with E-state index in [1.165, 1.54) is 0 Å². The Bertz CT molecular complexity index is 672. The van der Waals surface area contributed by atoms with Crippen molar-refractivity contribution >= 4 is 29.1 Å². The largest absolute Gasteiger partial charge is 0.346 e. The lowest BCUT2D eigenvalue weighted by molar-refractivity contribution is -0.125. The van der Waals surface area contributed by atoms with Crippen molar-refractivity contribution in [2.45, 2.75) is 39.7 Å². The number of nitrogens with zero attached hydrogens (tertiary/aromatic N) is 1. The number of nitrogens with one attached hydrogen (secondary N) is 2. The lowest BCUT2D eigenvalue weighted by atomic mass is 10.0. The van der Waals surface area contributed by atoms with Gasteiger partial charge in [-0.3, -0.25) is 14.4 Å². The fourth-order valence-electron chi connectivity index (χ4n) is 2.80. The Labute approximate surface area is 147 Å². The molecule has 0 fully saturated rings. The zero-order chi connectivity index (χ0) is 18.6. The maximum Gasteiger partial charge on any atom is 0.243 e. The van der Waals surface area contributed by atoms with E-state index in [-0.39, 0.29) is 30.2 Å². The van der Waals surface area contributed by atoms with Crippen LogP contribution in [0, 0.1) is 5.92 Å². The van der Waals surface area contributed by atoms with Crippen LogP contribution >= 0.6 is 0 Å². The Morgan fingerprint density at radius 2 is 2.00 bits per heavy atom. The van der Waals surface area contributed by atoms with Crippen LogP contribution in [0.4, 0.5) is 11.4 Å². The Morgan fingerprint density at radius 3 is 2.64 bits per heavy atom. The minimum absolute atomic E-state index is 0.00734. The van der Waals surface area contributed by atoms with Crippen molar-refractivity contribution in [3.05, 3.63) is 23.8 Å². The molecule has 2 rings (SSSR count). The van der Waals surface area contributed by atoms with Gasteiger partial charge in [-0.1, -0.05) is 13.8 Å². The number of aryl methyl sites for hydroxylation is 1. The third-order valence-electron chi connectivity index (χ3n) is 4.31. The smallest absolute Gasteiger partial charge is 0.243 e. The third kappa shape index (κ3) is 4.79. The average Bonchev–Trinajstić information content (AvgIpc) is 2.57. The lowest BCUT2D eigenvalue weighted by Crippen LogP contribution is -2.46. The normalized spacial score (nSPS) is 14.7. The molecule has 0 aliphatic carbocycles. The molecule has 7 heteroatoms. The zero-order valence-electron chi connectivity index (χ0n) is 15.0. The molecule has 0 spiro atoms. The molecule has 1 aromatic rings. The summed E-state index contributed by atoms with van der Waals surface area (Å²) in [6.07, 6.45) is 1.76. The molecule has 1 aliphatic rings. The quantitative estimate of drug-likeness (QED) is 0.740. The molecule has 4 N–H and O–H groups in total. The fraction of sp³-hybridized carbons (Fsp3) is 0.500. The SMILES string of the molecule is CC(=O)N1CCCc2cc(NC(=O)CNC(=O)[C@@H](N)C(C)C)ccc21. The van der Waals surface area contributed by atoms with Gasteiger partial charge in [-0.05, 0) is 42.5 Å². The molecule has 1 aromatic carbocycles. The molecule has 25 heavy (non-hydrogen) atoms. The summed E-state index contributed by atoms with van der Waals surface area (Å²) in [7, 11) is 0. The number of amides is 3. The van der Waals surface area contributed by atoms with Crippen LogP contribution in [0.25, 0.3) is 0 Å². The molecule has 0 radical (unpaired) electrons. The Morgan fingerprint density at radius 1 is 1.28 bits per heavy atom. The maximum absolute atomic E-state index is 12.0. The molecule has 0 aromatic heterocycles. The highest BCUT2D eigenvalue weighted by molar-refractivity contribution is 5.96. The van der Waals surface area contributed by atoms with Gasteiger partial charge in [0.25, 0.3) is 0 Å². The van der Waals surface area contributed by atoms with Gasteiger partial charge in [0.2, 0.25) is 17.7 Å². The highest BCUT2D eigenvalue weighted by atomic mass is 16.2. The summed E-state index contributed by atoms with van der Waals surface area (Å²) >= 11 is 0. The van der Waals surface area contributed by atoms with Gasteiger partial charge in [-0.2, -0.15) is 0 Å². The molecular formula is C18H26N4O3. The molecule has 7 nitrogen and oxygen atoms in total. The van der Waals surface area contributed by atoms with Crippen LogP contribution in [-0.4, -0.2) is 36.9 Å². The van der Waals surface area contributed by atoms with Gasteiger partial charge in [0, 0.05) is 24.8 Å². The summed E-state index contributed by atoms with van der Waals surface area (Å²) in [5, 5.41) is 5.30. The van der Waals surface area contributed by atoms with E-state index < -0.39 is 6.04 Å². The number of hydrogen-bond donors (Lipinski definition) is 3. The number of rotatable bonds is 5. The summed E-state index contributed by atoms with van der Waals surface area (Å²) in [5.74, 6) is -0.633. The summed E-state index contributed by atoms with van der Waals surface area (Å²) in [6.45, 7) is 5.84. The van der Waals surface area contributed by atoms with Crippen molar-refractivity contribution in [1.82, 2.24) is 5.32 Å². The van der Waals surface area contributed by atoms with E-state index in [0.717, 1.165) is 30.6 Å². The second-order valence-electron chi connectivity index (χ2n) is 6.65. The van der Waals surface area contributed by atoms with E-state index in [1.54, 1.807) is 17.9 Å². The van der Waals surface area contributed by atoms with Crippen LogP contribution in [0.1, 0.15) is 32.8 Å². The summed E-state index contributed by atoms with van der Waals surface area (Å²) < 4.78 is 0. The van der Waals surface area contributed by atoms with Crippen LogP contribution in [-0.2, 0) is 20.8 Å². The second kappa shape index (κ2) is 8.11. The van der Waals surface area contributed by atoms with E-state index in [0.29, 0.717) is 5.69 Å². The standard InChI is InChI=1S/C18H26N4O3/c1-11(2)17(19)18(25)20-10-16(24)21-14-6-7-15-13(9-14)5-4-8-22(15)12(3)23/h6-7,9,11,17H,4-5,8,10,19H2,1-3H3,(H,20,25)(H,21,24)/t17-/m0/s1. The second-order valence-corrected chi connectivity index (χ2v) is 6.65. The molecule has 0 unspecified atom stereocenters. The van der Waals surface area contributed by atoms with E-state index in [9.17, 15) is 14.4 Å². The number of fused-ring (bicyclic) bond motifs is 1. The van der Waals surface area contributed by atoms with Crippen LogP contribution < -0.4 is 21.3 Å². The summed E-state index contributed by atoms with van der Waals surface area (Å²) in [6, 6.07) is 4.86. The zero-order valence-corrected chi connectivity index (χ0v) is 15.0.